The Hall–Kier alpha value is -1.65. The van der Waals surface area contributed by atoms with E-state index in [0.717, 1.165) is 29.5 Å². The van der Waals surface area contributed by atoms with E-state index in [0.29, 0.717) is 13.0 Å². The molecule has 2 aromatic rings. The molecule has 0 bridgehead atoms. The second-order valence-electron chi connectivity index (χ2n) is 5.14. The molecular weight excluding hydrogens is 340 g/mol. The van der Waals surface area contributed by atoms with Crippen molar-refractivity contribution in [2.45, 2.75) is 19.3 Å². The third kappa shape index (κ3) is 6.41. The molecule has 1 amide bonds. The van der Waals surface area contributed by atoms with E-state index in [2.05, 4.69) is 50.8 Å². The first-order valence-electron chi connectivity index (χ1n) is 7.54. The van der Waals surface area contributed by atoms with Gasteiger partial charge in [-0.1, -0.05) is 46.3 Å². The minimum absolute atomic E-state index is 0.0397. The van der Waals surface area contributed by atoms with E-state index in [-0.39, 0.29) is 5.91 Å². The predicted molar refractivity (Wildman–Crippen MR) is 95.0 cm³/mol. The molecule has 0 aliphatic rings. The van der Waals surface area contributed by atoms with Gasteiger partial charge >= 0.3 is 0 Å². The molecule has 2 N–H and O–H groups in total. The quantitative estimate of drug-likeness (QED) is 0.698. The molecule has 0 fully saturated rings. The van der Waals surface area contributed by atoms with Crippen LogP contribution < -0.4 is 10.6 Å². The number of anilines is 1. The van der Waals surface area contributed by atoms with Crippen LogP contribution in [0.1, 0.15) is 18.4 Å². The summed E-state index contributed by atoms with van der Waals surface area (Å²) in [6, 6.07) is 18.0. The van der Waals surface area contributed by atoms with Crippen molar-refractivity contribution in [3.63, 3.8) is 0 Å². The molecular formula is C18H21BrN2O. The van der Waals surface area contributed by atoms with Gasteiger partial charge in [0.2, 0.25) is 5.91 Å². The molecule has 0 radical (unpaired) electrons. The van der Waals surface area contributed by atoms with Gasteiger partial charge in [-0.25, -0.2) is 0 Å². The molecule has 0 saturated carbocycles. The summed E-state index contributed by atoms with van der Waals surface area (Å²) in [5, 5.41) is 6.20. The molecule has 0 atom stereocenters. The molecule has 0 heterocycles. The van der Waals surface area contributed by atoms with E-state index in [1.54, 1.807) is 0 Å². The van der Waals surface area contributed by atoms with Crippen molar-refractivity contribution in [1.29, 1.82) is 0 Å². The first kappa shape index (κ1) is 16.7. The second kappa shape index (κ2) is 9.38. The van der Waals surface area contributed by atoms with E-state index in [1.807, 2.05) is 30.3 Å². The number of rotatable bonds is 8. The summed E-state index contributed by atoms with van der Waals surface area (Å²) in [4.78, 5) is 11.8. The van der Waals surface area contributed by atoms with Crippen LogP contribution >= 0.6 is 15.9 Å². The molecule has 2 rings (SSSR count). The highest BCUT2D eigenvalue weighted by Gasteiger charge is 2.01. The minimum Gasteiger partial charge on any atom is -0.326 e. The summed E-state index contributed by atoms with van der Waals surface area (Å²) in [6.07, 6.45) is 2.64. The fourth-order valence-corrected chi connectivity index (χ4v) is 2.41. The van der Waals surface area contributed by atoms with Gasteiger partial charge < -0.3 is 10.6 Å². The Morgan fingerprint density at radius 1 is 0.955 bits per heavy atom. The number of nitrogens with one attached hydrogen (secondary N) is 2. The zero-order valence-electron chi connectivity index (χ0n) is 12.5. The highest BCUT2D eigenvalue weighted by atomic mass is 79.9. The maximum atomic E-state index is 11.8. The Labute approximate surface area is 140 Å². The van der Waals surface area contributed by atoms with Gasteiger partial charge in [0.05, 0.1) is 0 Å². The Bertz CT molecular complexity index is 569. The number of hydrogen-bond donors (Lipinski definition) is 2. The topological polar surface area (TPSA) is 41.1 Å². The molecule has 0 unspecified atom stereocenters. The monoisotopic (exact) mass is 360 g/mol. The van der Waals surface area contributed by atoms with Crippen molar-refractivity contribution in [1.82, 2.24) is 5.32 Å². The molecule has 0 aliphatic heterocycles. The molecule has 0 aliphatic carbocycles. The Morgan fingerprint density at radius 2 is 1.68 bits per heavy atom. The van der Waals surface area contributed by atoms with Crippen LogP contribution in [0.25, 0.3) is 0 Å². The molecule has 4 heteroatoms. The van der Waals surface area contributed by atoms with Crippen LogP contribution in [0.3, 0.4) is 0 Å². The normalized spacial score (nSPS) is 10.4. The van der Waals surface area contributed by atoms with Crippen LogP contribution in [0.2, 0.25) is 0 Å². The van der Waals surface area contributed by atoms with Gasteiger partial charge in [0.15, 0.2) is 0 Å². The number of hydrogen-bond acceptors (Lipinski definition) is 2. The summed E-state index contributed by atoms with van der Waals surface area (Å²) in [6.45, 7) is 1.64. The summed E-state index contributed by atoms with van der Waals surface area (Å²) >= 11 is 3.37. The third-order valence-corrected chi connectivity index (χ3v) is 3.85. The Balaban J connectivity index is 1.54. The number of carbonyl (C=O) groups excluding carboxylic acids is 1. The van der Waals surface area contributed by atoms with E-state index in [4.69, 9.17) is 0 Å². The number of aryl methyl sites for hydroxylation is 1. The van der Waals surface area contributed by atoms with Crippen molar-refractivity contribution >= 4 is 27.5 Å². The van der Waals surface area contributed by atoms with Crippen molar-refractivity contribution in [2.75, 3.05) is 18.4 Å². The third-order valence-electron chi connectivity index (χ3n) is 3.32. The van der Waals surface area contributed by atoms with Crippen molar-refractivity contribution in [2.24, 2.45) is 0 Å². The van der Waals surface area contributed by atoms with Crippen molar-refractivity contribution in [3.05, 3.63) is 64.6 Å². The zero-order chi connectivity index (χ0) is 15.6. The van der Waals surface area contributed by atoms with Crippen LogP contribution in [-0.4, -0.2) is 19.0 Å². The Kier molecular flexibility index (Phi) is 7.13. The summed E-state index contributed by atoms with van der Waals surface area (Å²) in [5.74, 6) is 0.0397. The predicted octanol–water partition coefficient (Wildman–Crippen LogP) is 4.00. The van der Waals surface area contributed by atoms with Crippen LogP contribution in [-0.2, 0) is 11.2 Å². The smallest absolute Gasteiger partial charge is 0.225 e. The van der Waals surface area contributed by atoms with Gasteiger partial charge in [0.1, 0.15) is 0 Å². The molecule has 116 valence electrons. The van der Waals surface area contributed by atoms with Gasteiger partial charge in [-0.05, 0) is 49.2 Å². The lowest BCUT2D eigenvalue weighted by Gasteiger charge is -2.07. The first-order chi connectivity index (χ1) is 10.7. The van der Waals surface area contributed by atoms with Gasteiger partial charge in [-0.2, -0.15) is 0 Å². The van der Waals surface area contributed by atoms with E-state index < -0.39 is 0 Å². The molecule has 0 aromatic heterocycles. The van der Waals surface area contributed by atoms with E-state index in [1.165, 1.54) is 5.56 Å². The van der Waals surface area contributed by atoms with E-state index in [9.17, 15) is 4.79 Å². The molecule has 2 aromatic carbocycles. The maximum absolute atomic E-state index is 11.8. The van der Waals surface area contributed by atoms with Crippen molar-refractivity contribution in [3.8, 4) is 0 Å². The lowest BCUT2D eigenvalue weighted by atomic mass is 10.1. The average molecular weight is 361 g/mol. The Morgan fingerprint density at radius 3 is 2.41 bits per heavy atom. The first-order valence-corrected chi connectivity index (χ1v) is 8.33. The second-order valence-corrected chi connectivity index (χ2v) is 6.06. The van der Waals surface area contributed by atoms with Gasteiger partial charge in [0, 0.05) is 23.1 Å². The summed E-state index contributed by atoms with van der Waals surface area (Å²) < 4.78 is 1.01. The largest absolute Gasteiger partial charge is 0.326 e. The molecule has 3 nitrogen and oxygen atoms in total. The fraction of sp³-hybridized carbons (Fsp3) is 0.278. The van der Waals surface area contributed by atoms with Crippen LogP contribution in [0, 0.1) is 0 Å². The van der Waals surface area contributed by atoms with Gasteiger partial charge in [-0.15, -0.1) is 0 Å². The number of amides is 1. The van der Waals surface area contributed by atoms with E-state index >= 15 is 0 Å². The van der Waals surface area contributed by atoms with Crippen LogP contribution in [0.15, 0.2) is 59.1 Å². The molecule has 22 heavy (non-hydrogen) atoms. The highest BCUT2D eigenvalue weighted by Crippen LogP contribution is 2.14. The van der Waals surface area contributed by atoms with Crippen LogP contribution in [0.4, 0.5) is 5.69 Å². The molecule has 0 saturated heterocycles. The number of carbonyl (C=O) groups is 1. The van der Waals surface area contributed by atoms with Crippen LogP contribution in [0.5, 0.6) is 0 Å². The fourth-order valence-electron chi connectivity index (χ4n) is 2.15. The summed E-state index contributed by atoms with van der Waals surface area (Å²) in [7, 11) is 0. The minimum atomic E-state index is 0.0397. The number of halogens is 1. The summed E-state index contributed by atoms with van der Waals surface area (Å²) in [5.41, 5.74) is 2.19. The standard InChI is InChI=1S/C18H21BrN2O/c19-16-8-10-17(11-9-16)21-18(22)12-14-20-13-4-7-15-5-2-1-3-6-15/h1-3,5-6,8-11,20H,4,7,12-14H2,(H,21,22). The lowest BCUT2D eigenvalue weighted by Crippen LogP contribution is -2.22. The average Bonchev–Trinajstić information content (AvgIpc) is 2.54. The highest BCUT2D eigenvalue weighted by molar-refractivity contribution is 9.10. The SMILES string of the molecule is O=C(CCNCCCc1ccccc1)Nc1ccc(Br)cc1. The lowest BCUT2D eigenvalue weighted by molar-refractivity contribution is -0.116. The number of benzene rings is 2. The van der Waals surface area contributed by atoms with Crippen molar-refractivity contribution < 1.29 is 4.79 Å². The van der Waals surface area contributed by atoms with Gasteiger partial charge in [-0.3, -0.25) is 4.79 Å². The zero-order valence-corrected chi connectivity index (χ0v) is 14.1. The van der Waals surface area contributed by atoms with Gasteiger partial charge in [0.25, 0.3) is 0 Å². The molecule has 0 spiro atoms. The maximum Gasteiger partial charge on any atom is 0.225 e.